The van der Waals surface area contributed by atoms with Gasteiger partial charge in [-0.25, -0.2) is 0 Å². The number of anilines is 2. The zero-order chi connectivity index (χ0) is 29.1. The Morgan fingerprint density at radius 1 is 1.15 bits per heavy atom. The van der Waals surface area contributed by atoms with E-state index in [9.17, 15) is 18.0 Å². The predicted molar refractivity (Wildman–Crippen MR) is 151 cm³/mol. The summed E-state index contributed by atoms with van der Waals surface area (Å²) in [5.74, 6) is -0.547. The van der Waals surface area contributed by atoms with Crippen molar-refractivity contribution in [3.05, 3.63) is 81.8 Å². The van der Waals surface area contributed by atoms with Gasteiger partial charge in [-0.2, -0.15) is 18.3 Å². The van der Waals surface area contributed by atoms with Gasteiger partial charge in [-0.3, -0.25) is 19.4 Å². The zero-order valence-corrected chi connectivity index (χ0v) is 23.5. The molecular formula is C28H30ClF3N8O. The van der Waals surface area contributed by atoms with Crippen molar-refractivity contribution in [3.8, 4) is 0 Å². The predicted octanol–water partition coefficient (Wildman–Crippen LogP) is 4.37. The Hall–Kier alpha value is -3.58. The van der Waals surface area contributed by atoms with E-state index in [1.807, 2.05) is 14.0 Å². The molecule has 6 rings (SSSR count). The topological polar surface area (TPSA) is 80.7 Å². The number of amides is 1. The third kappa shape index (κ3) is 5.40. The third-order valence-corrected chi connectivity index (χ3v) is 8.47. The van der Waals surface area contributed by atoms with Gasteiger partial charge in [-0.1, -0.05) is 11.6 Å². The van der Waals surface area contributed by atoms with E-state index in [2.05, 4.69) is 38.2 Å². The molecule has 0 saturated carbocycles. The Bertz CT molecular complexity index is 1530. The lowest BCUT2D eigenvalue weighted by Crippen LogP contribution is -2.43. The lowest BCUT2D eigenvalue weighted by atomic mass is 10.1. The molecule has 13 heteroatoms. The largest absolute Gasteiger partial charge is 0.416 e. The molecule has 1 aromatic heterocycles. The van der Waals surface area contributed by atoms with Crippen LogP contribution in [0.2, 0.25) is 5.02 Å². The van der Waals surface area contributed by atoms with Crippen LogP contribution in [-0.4, -0.2) is 57.7 Å². The summed E-state index contributed by atoms with van der Waals surface area (Å²) < 4.78 is 43.1. The lowest BCUT2D eigenvalue weighted by molar-refractivity contribution is -0.137. The molecule has 216 valence electrons. The van der Waals surface area contributed by atoms with Gasteiger partial charge in [0.05, 0.1) is 28.2 Å². The molecule has 0 spiro atoms. The van der Waals surface area contributed by atoms with Gasteiger partial charge in [-0.05, 0) is 62.4 Å². The lowest BCUT2D eigenvalue weighted by Gasteiger charge is -2.32. The standard InChI is InChI=1S/C28H30ClF3N8O/c1-16-23(11-33-38(16)3)25-15-40(36-35-25)26-8-18(4-5-24(26)29)27(41)34-20-7-17(6-19(9-20)28(30,31)32)12-39-14-21-10-22(39)13-37(21)2/h4-9,11,15,21-22,35-36H,10,12-14H2,1-3H3,(H,34,41). The van der Waals surface area contributed by atoms with Crippen molar-refractivity contribution >= 4 is 34.6 Å². The number of benzene rings is 2. The molecule has 1 amide bonds. The van der Waals surface area contributed by atoms with Crippen molar-refractivity contribution in [1.29, 1.82) is 0 Å². The minimum absolute atomic E-state index is 0.0907. The van der Waals surface area contributed by atoms with E-state index in [-0.39, 0.29) is 11.3 Å². The molecule has 2 saturated heterocycles. The van der Waals surface area contributed by atoms with Crippen LogP contribution in [0.15, 0.2) is 48.8 Å². The number of alkyl halides is 3. The van der Waals surface area contributed by atoms with Crippen LogP contribution in [0.4, 0.5) is 24.5 Å². The van der Waals surface area contributed by atoms with Gasteiger partial charge in [0.15, 0.2) is 0 Å². The highest BCUT2D eigenvalue weighted by Gasteiger charge is 2.41. The summed E-state index contributed by atoms with van der Waals surface area (Å²) in [4.78, 5) is 17.8. The summed E-state index contributed by atoms with van der Waals surface area (Å²) in [6.45, 7) is 4.07. The Morgan fingerprint density at radius 2 is 1.95 bits per heavy atom. The van der Waals surface area contributed by atoms with Crippen molar-refractivity contribution in [1.82, 2.24) is 30.5 Å². The van der Waals surface area contributed by atoms with E-state index in [0.29, 0.717) is 34.9 Å². The summed E-state index contributed by atoms with van der Waals surface area (Å²) >= 11 is 6.46. The molecule has 2 aromatic carbocycles. The highest BCUT2D eigenvalue weighted by molar-refractivity contribution is 6.33. The maximum Gasteiger partial charge on any atom is 0.416 e. The average molecular weight is 587 g/mol. The summed E-state index contributed by atoms with van der Waals surface area (Å²) in [5.41, 5.74) is 9.21. The summed E-state index contributed by atoms with van der Waals surface area (Å²) in [7, 11) is 3.93. The maximum absolute atomic E-state index is 13.8. The number of hydrogen-bond donors (Lipinski definition) is 3. The van der Waals surface area contributed by atoms with Crippen molar-refractivity contribution in [2.45, 2.75) is 38.1 Å². The molecule has 3 N–H and O–H groups in total. The van der Waals surface area contributed by atoms with Crippen molar-refractivity contribution in [3.63, 3.8) is 0 Å². The molecule has 4 heterocycles. The van der Waals surface area contributed by atoms with Crippen LogP contribution in [-0.2, 0) is 19.8 Å². The number of fused-ring (bicyclic) bond motifs is 2. The van der Waals surface area contributed by atoms with Gasteiger partial charge >= 0.3 is 6.18 Å². The molecule has 41 heavy (non-hydrogen) atoms. The molecular weight excluding hydrogens is 557 g/mol. The second kappa shape index (κ2) is 10.4. The molecule has 2 unspecified atom stereocenters. The van der Waals surface area contributed by atoms with Gasteiger partial charge in [0.2, 0.25) is 0 Å². The minimum Gasteiger partial charge on any atom is -0.322 e. The second-order valence-corrected chi connectivity index (χ2v) is 11.3. The molecule has 3 aliphatic heterocycles. The first-order chi connectivity index (χ1) is 19.5. The second-order valence-electron chi connectivity index (χ2n) is 10.9. The van der Waals surface area contributed by atoms with Crippen LogP contribution >= 0.6 is 11.6 Å². The number of hydrazine groups is 2. The number of halogens is 4. The fourth-order valence-corrected chi connectivity index (χ4v) is 5.99. The molecule has 2 bridgehead atoms. The number of carbonyl (C=O) groups excluding carboxylic acids is 1. The summed E-state index contributed by atoms with van der Waals surface area (Å²) in [6.07, 6.45) is 0.00571. The fraction of sp³-hybridized carbons (Fsp3) is 0.357. The van der Waals surface area contributed by atoms with Gasteiger partial charge < -0.3 is 15.6 Å². The number of likely N-dealkylation sites (tertiary alicyclic amines) is 2. The first-order valence-electron chi connectivity index (χ1n) is 13.2. The van der Waals surface area contributed by atoms with Crippen molar-refractivity contribution < 1.29 is 18.0 Å². The van der Waals surface area contributed by atoms with Crippen LogP contribution in [0.25, 0.3) is 5.70 Å². The molecule has 3 aliphatic rings. The van der Waals surface area contributed by atoms with Gasteiger partial charge in [-0.15, -0.1) is 5.53 Å². The molecule has 0 aliphatic carbocycles. The number of carbonyl (C=O) groups is 1. The number of piperazine rings is 1. The number of aromatic nitrogens is 2. The van der Waals surface area contributed by atoms with Gasteiger partial charge in [0.1, 0.15) is 0 Å². The number of nitrogens with zero attached hydrogens (tertiary/aromatic N) is 5. The SMILES string of the molecule is Cc1c(C2=CN(c3cc(C(=O)Nc4cc(CN5CC6CC5CN6C)cc(C(F)(F)F)c4)ccc3Cl)NN2)cnn1C. The van der Waals surface area contributed by atoms with E-state index in [1.165, 1.54) is 12.1 Å². The molecule has 2 fully saturated rings. The Balaban J connectivity index is 1.22. The van der Waals surface area contributed by atoms with E-state index in [4.69, 9.17) is 11.6 Å². The summed E-state index contributed by atoms with van der Waals surface area (Å²) in [6, 6.07) is 9.22. The minimum atomic E-state index is -4.54. The molecule has 9 nitrogen and oxygen atoms in total. The zero-order valence-electron chi connectivity index (χ0n) is 22.8. The molecule has 2 atom stereocenters. The van der Waals surface area contributed by atoms with E-state index in [1.54, 1.807) is 40.3 Å². The normalized spacial score (nSPS) is 21.0. The highest BCUT2D eigenvalue weighted by atomic mass is 35.5. The monoisotopic (exact) mass is 586 g/mol. The van der Waals surface area contributed by atoms with Crippen LogP contribution in [0.1, 0.15) is 39.2 Å². The van der Waals surface area contributed by atoms with Crippen LogP contribution in [0.3, 0.4) is 0 Å². The van der Waals surface area contributed by atoms with Crippen molar-refractivity contribution in [2.24, 2.45) is 7.05 Å². The van der Waals surface area contributed by atoms with E-state index in [0.717, 1.165) is 42.5 Å². The van der Waals surface area contributed by atoms with Gasteiger partial charge in [0.25, 0.3) is 5.91 Å². The van der Waals surface area contributed by atoms with Crippen LogP contribution in [0, 0.1) is 6.92 Å². The number of likely N-dealkylation sites (N-methyl/N-ethyl adjacent to an activating group) is 1. The Labute approximate surface area is 240 Å². The quantitative estimate of drug-likeness (QED) is 0.396. The summed E-state index contributed by atoms with van der Waals surface area (Å²) in [5, 5.41) is 8.93. The maximum atomic E-state index is 13.8. The van der Waals surface area contributed by atoms with Crippen LogP contribution < -0.4 is 21.3 Å². The Kier molecular flexibility index (Phi) is 6.97. The van der Waals surface area contributed by atoms with E-state index < -0.39 is 17.6 Å². The molecule has 3 aromatic rings. The number of nitrogens with one attached hydrogen (secondary N) is 3. The number of hydrogen-bond acceptors (Lipinski definition) is 7. The fourth-order valence-electron chi connectivity index (χ4n) is 5.78. The first-order valence-corrected chi connectivity index (χ1v) is 13.6. The smallest absolute Gasteiger partial charge is 0.322 e. The Morgan fingerprint density at radius 3 is 2.61 bits per heavy atom. The highest BCUT2D eigenvalue weighted by Crippen LogP contribution is 2.35. The van der Waals surface area contributed by atoms with Crippen molar-refractivity contribution in [2.75, 3.05) is 30.5 Å². The third-order valence-electron chi connectivity index (χ3n) is 8.15. The average Bonchev–Trinajstić information content (AvgIpc) is 3.69. The van der Waals surface area contributed by atoms with Gasteiger partial charge in [0, 0.05) is 67.5 Å². The van der Waals surface area contributed by atoms with Crippen LogP contribution in [0.5, 0.6) is 0 Å². The molecule has 0 radical (unpaired) electrons. The number of rotatable bonds is 6. The van der Waals surface area contributed by atoms with E-state index >= 15 is 0 Å². The number of aryl methyl sites for hydroxylation is 1. The first kappa shape index (κ1) is 27.6.